The number of oxime groups is 1. The predicted octanol–water partition coefficient (Wildman–Crippen LogP) is 2.02. The zero-order valence-corrected chi connectivity index (χ0v) is 12.5. The normalized spacial score (nSPS) is 11.8. The first-order chi connectivity index (χ1) is 10.1. The van der Waals surface area contributed by atoms with E-state index in [2.05, 4.69) is 15.5 Å². The summed E-state index contributed by atoms with van der Waals surface area (Å²) >= 11 is 1.63. The van der Waals surface area contributed by atoms with Crippen molar-refractivity contribution in [3.63, 3.8) is 0 Å². The summed E-state index contributed by atoms with van der Waals surface area (Å²) in [5.41, 5.74) is 7.36. The molecule has 5 nitrogen and oxygen atoms in total. The van der Waals surface area contributed by atoms with Gasteiger partial charge >= 0.3 is 0 Å². The molecule has 1 aromatic heterocycles. The van der Waals surface area contributed by atoms with Crippen molar-refractivity contribution in [3.05, 3.63) is 51.2 Å². The molecule has 0 spiro atoms. The molecule has 0 bridgehead atoms. The average Bonchev–Trinajstić information content (AvgIpc) is 2.89. The second kappa shape index (κ2) is 7.14. The lowest BCUT2D eigenvalue weighted by molar-refractivity contribution is 0.318. The van der Waals surface area contributed by atoms with E-state index in [0.717, 1.165) is 23.7 Å². The summed E-state index contributed by atoms with van der Waals surface area (Å²) < 4.78 is 13.9. The molecule has 0 aliphatic carbocycles. The first-order valence-electron chi connectivity index (χ1n) is 6.48. The van der Waals surface area contributed by atoms with Gasteiger partial charge in [-0.05, 0) is 13.0 Å². The number of nitrogens with two attached hydrogens (primary N) is 1. The topological polar surface area (TPSA) is 83.5 Å². The van der Waals surface area contributed by atoms with Gasteiger partial charge in [0, 0.05) is 36.0 Å². The Morgan fingerprint density at radius 3 is 2.95 bits per heavy atom. The second-order valence-corrected chi connectivity index (χ2v) is 5.64. The van der Waals surface area contributed by atoms with E-state index in [1.165, 1.54) is 6.07 Å². The summed E-state index contributed by atoms with van der Waals surface area (Å²) in [5, 5.41) is 17.7. The molecule has 0 radical (unpaired) electrons. The van der Waals surface area contributed by atoms with Crippen molar-refractivity contribution >= 4 is 17.2 Å². The molecule has 0 saturated heterocycles. The Morgan fingerprint density at radius 1 is 1.52 bits per heavy atom. The maximum Gasteiger partial charge on any atom is 0.170 e. The van der Waals surface area contributed by atoms with Crippen molar-refractivity contribution in [2.24, 2.45) is 10.9 Å². The van der Waals surface area contributed by atoms with Gasteiger partial charge in [-0.3, -0.25) is 0 Å². The van der Waals surface area contributed by atoms with Crippen LogP contribution in [0, 0.1) is 12.7 Å². The third-order valence-electron chi connectivity index (χ3n) is 3.00. The van der Waals surface area contributed by atoms with Gasteiger partial charge in [-0.2, -0.15) is 0 Å². The highest BCUT2D eigenvalue weighted by Gasteiger charge is 2.06. The van der Waals surface area contributed by atoms with Crippen LogP contribution in [0.4, 0.5) is 4.39 Å². The summed E-state index contributed by atoms with van der Waals surface area (Å²) in [6, 6.07) is 4.51. The van der Waals surface area contributed by atoms with Crippen LogP contribution in [0.15, 0.2) is 28.7 Å². The molecule has 0 amide bonds. The molecule has 0 fully saturated rings. The van der Waals surface area contributed by atoms with E-state index < -0.39 is 0 Å². The van der Waals surface area contributed by atoms with Crippen molar-refractivity contribution in [1.29, 1.82) is 0 Å². The largest absolute Gasteiger partial charge is 0.409 e. The third kappa shape index (κ3) is 4.24. The monoisotopic (exact) mass is 308 g/mol. The number of nitrogens with zero attached hydrogens (tertiary/aromatic N) is 2. The van der Waals surface area contributed by atoms with E-state index in [4.69, 9.17) is 10.9 Å². The van der Waals surface area contributed by atoms with E-state index in [9.17, 15) is 4.39 Å². The van der Waals surface area contributed by atoms with Gasteiger partial charge in [0.05, 0.1) is 10.7 Å². The van der Waals surface area contributed by atoms with E-state index in [-0.39, 0.29) is 11.7 Å². The Balaban J connectivity index is 1.86. The smallest absolute Gasteiger partial charge is 0.170 e. The fourth-order valence-electron chi connectivity index (χ4n) is 1.87. The van der Waals surface area contributed by atoms with Crippen LogP contribution < -0.4 is 11.1 Å². The number of hydrogen-bond acceptors (Lipinski definition) is 5. The lowest BCUT2D eigenvalue weighted by Gasteiger charge is -2.07. The summed E-state index contributed by atoms with van der Waals surface area (Å²) in [5.74, 6) is -0.483. The molecule has 0 unspecified atom stereocenters. The highest BCUT2D eigenvalue weighted by molar-refractivity contribution is 7.09. The molecule has 21 heavy (non-hydrogen) atoms. The number of benzene rings is 1. The van der Waals surface area contributed by atoms with Gasteiger partial charge in [0.15, 0.2) is 5.84 Å². The maximum atomic E-state index is 13.9. The molecule has 0 saturated carbocycles. The van der Waals surface area contributed by atoms with Crippen LogP contribution in [-0.2, 0) is 13.0 Å². The van der Waals surface area contributed by atoms with Crippen molar-refractivity contribution in [3.8, 4) is 0 Å². The second-order valence-electron chi connectivity index (χ2n) is 4.58. The van der Waals surface area contributed by atoms with E-state index >= 15 is 0 Å². The molecule has 0 atom stereocenters. The summed E-state index contributed by atoms with van der Waals surface area (Å²) in [7, 11) is 0. The van der Waals surface area contributed by atoms with Crippen LogP contribution in [0.1, 0.15) is 21.8 Å². The first kappa shape index (κ1) is 15.4. The molecular weight excluding hydrogens is 291 g/mol. The lowest BCUT2D eigenvalue weighted by atomic mass is 10.1. The molecule has 1 heterocycles. The molecule has 2 aromatic rings. The highest BCUT2D eigenvalue weighted by Crippen LogP contribution is 2.11. The Hall–Kier alpha value is -1.99. The SMILES string of the molecule is Cc1nc(CCNCc2ccc(/C(N)=N/O)cc2F)cs1. The molecule has 0 aliphatic rings. The molecule has 2 rings (SSSR count). The quantitative estimate of drug-likeness (QED) is 0.251. The number of thiazole rings is 1. The minimum atomic E-state index is -0.379. The Bertz CT molecular complexity index is 642. The van der Waals surface area contributed by atoms with Crippen LogP contribution in [0.3, 0.4) is 0 Å². The van der Waals surface area contributed by atoms with Crippen molar-refractivity contribution in [2.45, 2.75) is 19.9 Å². The fraction of sp³-hybridized carbons (Fsp3) is 0.286. The van der Waals surface area contributed by atoms with E-state index in [0.29, 0.717) is 17.7 Å². The number of aryl methyl sites for hydroxylation is 1. The fourth-order valence-corrected chi connectivity index (χ4v) is 2.52. The standard InChI is InChI=1S/C14H17FN4OS/c1-9-18-12(8-21-9)4-5-17-7-11-3-2-10(6-13(11)15)14(16)19-20/h2-3,6,8,17,20H,4-5,7H2,1H3,(H2,16,19). The van der Waals surface area contributed by atoms with Crippen LogP contribution in [0.2, 0.25) is 0 Å². The van der Waals surface area contributed by atoms with Crippen molar-refractivity contribution in [2.75, 3.05) is 6.54 Å². The molecule has 112 valence electrons. The zero-order valence-electron chi connectivity index (χ0n) is 11.6. The van der Waals surface area contributed by atoms with Crippen molar-refractivity contribution < 1.29 is 9.60 Å². The number of aromatic nitrogens is 1. The number of rotatable bonds is 6. The summed E-state index contributed by atoms with van der Waals surface area (Å²) in [6.07, 6.45) is 0.814. The van der Waals surface area contributed by atoms with Gasteiger partial charge in [0.2, 0.25) is 0 Å². The van der Waals surface area contributed by atoms with E-state index in [1.807, 2.05) is 12.3 Å². The number of hydrogen-bond donors (Lipinski definition) is 3. The Labute approximate surface area is 126 Å². The lowest BCUT2D eigenvalue weighted by Crippen LogP contribution is -2.18. The minimum absolute atomic E-state index is 0.104. The predicted molar refractivity (Wildman–Crippen MR) is 81.2 cm³/mol. The molecule has 1 aromatic carbocycles. The highest BCUT2D eigenvalue weighted by atomic mass is 32.1. The first-order valence-corrected chi connectivity index (χ1v) is 7.36. The number of halogens is 1. The average molecular weight is 308 g/mol. The number of amidine groups is 1. The summed E-state index contributed by atoms with van der Waals surface area (Å²) in [4.78, 5) is 4.37. The van der Waals surface area contributed by atoms with Gasteiger partial charge in [0.25, 0.3) is 0 Å². The van der Waals surface area contributed by atoms with Gasteiger partial charge < -0.3 is 16.3 Å². The molecule has 7 heteroatoms. The van der Waals surface area contributed by atoms with Crippen molar-refractivity contribution in [1.82, 2.24) is 10.3 Å². The molecule has 0 aliphatic heterocycles. The van der Waals surface area contributed by atoms with Crippen LogP contribution in [0.25, 0.3) is 0 Å². The van der Waals surface area contributed by atoms with Crippen LogP contribution >= 0.6 is 11.3 Å². The zero-order chi connectivity index (χ0) is 15.2. The third-order valence-corrected chi connectivity index (χ3v) is 3.82. The Kier molecular flexibility index (Phi) is 5.24. The van der Waals surface area contributed by atoms with Crippen LogP contribution in [0.5, 0.6) is 0 Å². The number of nitrogens with one attached hydrogen (secondary N) is 1. The Morgan fingerprint density at radius 2 is 2.33 bits per heavy atom. The molecular formula is C14H17FN4OS. The van der Waals surface area contributed by atoms with Gasteiger partial charge in [0.1, 0.15) is 5.82 Å². The maximum absolute atomic E-state index is 13.9. The van der Waals surface area contributed by atoms with Gasteiger partial charge in [-0.15, -0.1) is 11.3 Å². The van der Waals surface area contributed by atoms with Gasteiger partial charge in [-0.25, -0.2) is 9.37 Å². The van der Waals surface area contributed by atoms with E-state index in [1.54, 1.807) is 23.5 Å². The van der Waals surface area contributed by atoms with Crippen LogP contribution in [-0.4, -0.2) is 22.6 Å². The molecule has 4 N–H and O–H groups in total. The minimum Gasteiger partial charge on any atom is -0.409 e. The van der Waals surface area contributed by atoms with Gasteiger partial charge in [-0.1, -0.05) is 17.3 Å². The summed E-state index contributed by atoms with van der Waals surface area (Å²) in [6.45, 7) is 3.12.